The molecule has 0 saturated heterocycles. The van der Waals surface area contributed by atoms with E-state index < -0.39 is 10.8 Å². The van der Waals surface area contributed by atoms with Crippen molar-refractivity contribution >= 4 is 33.7 Å². The van der Waals surface area contributed by atoms with Gasteiger partial charge in [-0.2, -0.15) is 0 Å². The first-order chi connectivity index (χ1) is 34.7. The Morgan fingerprint density at radius 3 is 1.51 bits per heavy atom. The minimum atomic E-state index is -0.608. The van der Waals surface area contributed by atoms with Crippen LogP contribution in [0.3, 0.4) is 0 Å². The highest BCUT2D eigenvalue weighted by Crippen LogP contribution is 2.67. The molecule has 15 rings (SSSR count). The van der Waals surface area contributed by atoms with Crippen molar-refractivity contribution in [3.8, 4) is 56.2 Å². The highest BCUT2D eigenvalue weighted by Gasteiger charge is 2.58. The summed E-state index contributed by atoms with van der Waals surface area (Å²) in [6, 6.07) is 89.0. The molecular formula is C66H40N2OS. The first-order valence-corrected chi connectivity index (χ1v) is 24.8. The van der Waals surface area contributed by atoms with Crippen LogP contribution in [-0.2, 0) is 10.8 Å². The maximum absolute atomic E-state index is 6.34. The van der Waals surface area contributed by atoms with E-state index in [1.807, 2.05) is 30.0 Å². The molecule has 0 saturated carbocycles. The number of nitrogens with zero attached hydrogens (tertiary/aromatic N) is 2. The molecule has 0 radical (unpaired) electrons. The smallest absolute Gasteiger partial charge is 0.160 e. The highest BCUT2D eigenvalue weighted by molar-refractivity contribution is 7.99. The van der Waals surface area contributed by atoms with Gasteiger partial charge in [-0.05, 0) is 115 Å². The average Bonchev–Trinajstić information content (AvgIpc) is 3.97. The van der Waals surface area contributed by atoms with Gasteiger partial charge in [-0.1, -0.05) is 206 Å². The molecule has 3 heterocycles. The number of hydrogen-bond donors (Lipinski definition) is 0. The third kappa shape index (κ3) is 5.42. The molecule has 1 aliphatic heterocycles. The van der Waals surface area contributed by atoms with Crippen molar-refractivity contribution in [3.05, 3.63) is 287 Å². The van der Waals surface area contributed by atoms with Crippen LogP contribution in [0.15, 0.2) is 257 Å². The summed E-state index contributed by atoms with van der Waals surface area (Å²) >= 11 is 1.88. The van der Waals surface area contributed by atoms with Crippen LogP contribution < -0.4 is 0 Å². The van der Waals surface area contributed by atoms with Crippen LogP contribution in [0.4, 0.5) is 0 Å². The van der Waals surface area contributed by atoms with Crippen LogP contribution in [0.25, 0.3) is 78.1 Å². The lowest BCUT2D eigenvalue weighted by Gasteiger charge is -2.51. The minimum Gasteiger partial charge on any atom is -0.456 e. The molecule has 0 bridgehead atoms. The molecule has 0 N–H and O–H groups in total. The summed E-state index contributed by atoms with van der Waals surface area (Å²) in [6.07, 6.45) is 0. The highest BCUT2D eigenvalue weighted by atomic mass is 32.2. The van der Waals surface area contributed by atoms with E-state index in [0.717, 1.165) is 61.1 Å². The molecule has 2 aliphatic carbocycles. The van der Waals surface area contributed by atoms with E-state index in [1.165, 1.54) is 65.4 Å². The van der Waals surface area contributed by atoms with E-state index in [0.29, 0.717) is 5.82 Å². The van der Waals surface area contributed by atoms with Crippen molar-refractivity contribution in [3.63, 3.8) is 0 Å². The Bertz CT molecular complexity index is 4040. The van der Waals surface area contributed by atoms with Crippen LogP contribution >= 0.6 is 11.8 Å². The number of hydrogen-bond acceptors (Lipinski definition) is 4. The van der Waals surface area contributed by atoms with Gasteiger partial charge in [0.25, 0.3) is 0 Å². The Balaban J connectivity index is 0.928. The normalized spacial score (nSPS) is 14.2. The lowest BCUT2D eigenvalue weighted by atomic mass is 9.51. The molecule has 3 nitrogen and oxygen atoms in total. The quantitative estimate of drug-likeness (QED) is 0.176. The predicted octanol–water partition coefficient (Wildman–Crippen LogP) is 16.6. The van der Waals surface area contributed by atoms with Gasteiger partial charge < -0.3 is 4.42 Å². The Kier molecular flexibility index (Phi) is 8.43. The van der Waals surface area contributed by atoms with Gasteiger partial charge in [-0.3, -0.25) is 0 Å². The number of rotatable bonds is 4. The number of aromatic nitrogens is 2. The number of para-hydroxylation sites is 1. The fraction of sp³-hybridized carbons (Fsp3) is 0.0303. The monoisotopic (exact) mass is 908 g/mol. The van der Waals surface area contributed by atoms with Gasteiger partial charge >= 0.3 is 0 Å². The standard InChI is InChI=1S/C66H40N2OS/c1-2-17-41(18-3-1)58-40-59(68-64(67-58)45-33-35-49-48-23-6-14-31-60(48)69-61(49)39-45)44-20-16-19-42(37-44)43-34-36-63-57(38-43)66(56-30-13-15-32-62(56)70-63)54-28-11-9-26-52(54)65(53-27-10-12-29-55(53)66)50-24-7-4-21-46(50)47-22-5-8-25-51(47)65/h1-40H. The van der Waals surface area contributed by atoms with E-state index in [-0.39, 0.29) is 0 Å². The zero-order valence-corrected chi connectivity index (χ0v) is 38.6. The summed E-state index contributed by atoms with van der Waals surface area (Å²) in [5, 5.41) is 2.18. The van der Waals surface area contributed by atoms with Crippen molar-refractivity contribution in [2.45, 2.75) is 20.6 Å². The maximum atomic E-state index is 6.34. The van der Waals surface area contributed by atoms with Crippen molar-refractivity contribution in [1.29, 1.82) is 0 Å². The molecule has 0 amide bonds. The number of benzene rings is 10. The van der Waals surface area contributed by atoms with Crippen molar-refractivity contribution in [2.75, 3.05) is 0 Å². The summed E-state index contributed by atoms with van der Waals surface area (Å²) in [4.78, 5) is 13.1. The molecule has 2 spiro atoms. The molecule has 3 aliphatic rings. The van der Waals surface area contributed by atoms with Crippen molar-refractivity contribution in [2.24, 2.45) is 0 Å². The van der Waals surface area contributed by atoms with E-state index >= 15 is 0 Å². The third-order valence-electron chi connectivity index (χ3n) is 15.2. The second-order valence-electron chi connectivity index (χ2n) is 18.7. The third-order valence-corrected chi connectivity index (χ3v) is 16.4. The molecular weight excluding hydrogens is 869 g/mol. The van der Waals surface area contributed by atoms with Gasteiger partial charge in [0.2, 0.25) is 0 Å². The van der Waals surface area contributed by atoms with E-state index in [9.17, 15) is 0 Å². The van der Waals surface area contributed by atoms with Crippen molar-refractivity contribution < 1.29 is 4.42 Å². The minimum absolute atomic E-state index is 0.496. The van der Waals surface area contributed by atoms with Gasteiger partial charge in [0.05, 0.1) is 22.2 Å². The summed E-state index contributed by atoms with van der Waals surface area (Å²) in [5.74, 6) is 0.649. The Morgan fingerprint density at radius 1 is 0.300 bits per heavy atom. The fourth-order valence-corrected chi connectivity index (χ4v) is 13.6. The summed E-state index contributed by atoms with van der Waals surface area (Å²) in [7, 11) is 0. The first kappa shape index (κ1) is 39.4. The first-order valence-electron chi connectivity index (χ1n) is 24.0. The SMILES string of the molecule is c1ccc(-c2cc(-c3cccc(-c4ccc5c(c4)C4(c6ccccc6S5)c5ccccc5C5(c6ccccc6-c6ccccc65)c5ccccc54)c3)nc(-c3ccc4c(c3)oc3ccccc34)n2)cc1. The second-order valence-corrected chi connectivity index (χ2v) is 19.8. The Morgan fingerprint density at radius 2 is 0.800 bits per heavy atom. The molecule has 4 heteroatoms. The largest absolute Gasteiger partial charge is 0.456 e. The van der Waals surface area contributed by atoms with E-state index in [2.05, 4.69) is 224 Å². The molecule has 12 aromatic rings. The van der Waals surface area contributed by atoms with Crippen LogP contribution in [0.1, 0.15) is 44.5 Å². The molecule has 10 aromatic carbocycles. The zero-order chi connectivity index (χ0) is 46.0. The lowest BCUT2D eigenvalue weighted by molar-refractivity contribution is 0.606. The molecule has 70 heavy (non-hydrogen) atoms. The van der Waals surface area contributed by atoms with Gasteiger partial charge in [-0.25, -0.2) is 9.97 Å². The molecule has 0 unspecified atom stereocenters. The van der Waals surface area contributed by atoms with Crippen molar-refractivity contribution in [1.82, 2.24) is 9.97 Å². The fourth-order valence-electron chi connectivity index (χ4n) is 12.4. The Labute approximate surface area is 409 Å². The maximum Gasteiger partial charge on any atom is 0.160 e. The van der Waals surface area contributed by atoms with Gasteiger partial charge in [0, 0.05) is 37.3 Å². The van der Waals surface area contributed by atoms with Crippen LogP contribution in [-0.4, -0.2) is 9.97 Å². The number of fused-ring (bicyclic) bond motifs is 18. The lowest BCUT2D eigenvalue weighted by Crippen LogP contribution is -2.45. The second kappa shape index (κ2) is 15.0. The van der Waals surface area contributed by atoms with Crippen LogP contribution in [0.2, 0.25) is 0 Å². The van der Waals surface area contributed by atoms with Gasteiger partial charge in [0.15, 0.2) is 5.82 Å². The van der Waals surface area contributed by atoms with Crippen LogP contribution in [0, 0.1) is 0 Å². The molecule has 0 atom stereocenters. The zero-order valence-electron chi connectivity index (χ0n) is 37.8. The van der Waals surface area contributed by atoms with Gasteiger partial charge in [-0.15, -0.1) is 0 Å². The van der Waals surface area contributed by atoms with Gasteiger partial charge in [0.1, 0.15) is 11.2 Å². The molecule has 326 valence electrons. The summed E-state index contributed by atoms with van der Waals surface area (Å²) in [6.45, 7) is 0. The average molecular weight is 909 g/mol. The molecule has 2 aromatic heterocycles. The Hall–Kier alpha value is -8.57. The number of furan rings is 1. The van der Waals surface area contributed by atoms with E-state index in [1.54, 1.807) is 0 Å². The topological polar surface area (TPSA) is 38.9 Å². The summed E-state index contributed by atoms with van der Waals surface area (Å²) in [5.41, 5.74) is 20.7. The van der Waals surface area contributed by atoms with Crippen LogP contribution in [0.5, 0.6) is 0 Å². The molecule has 0 fully saturated rings. The predicted molar refractivity (Wildman–Crippen MR) is 284 cm³/mol. The van der Waals surface area contributed by atoms with E-state index in [4.69, 9.17) is 14.4 Å². The summed E-state index contributed by atoms with van der Waals surface area (Å²) < 4.78 is 6.34.